The number of imidazole rings is 1. The van der Waals surface area contributed by atoms with Crippen molar-refractivity contribution in [1.82, 2.24) is 18.6 Å². The lowest BCUT2D eigenvalue weighted by atomic mass is 9.86. The number of hydrogen-bond donors (Lipinski definition) is 0. The number of nitrogens with zero attached hydrogens (tertiary/aromatic N) is 4. The molecule has 1 spiro atoms. The Bertz CT molecular complexity index is 1470. The molecule has 3 aromatic rings. The van der Waals surface area contributed by atoms with Gasteiger partial charge in [-0.25, -0.2) is 18.2 Å². The van der Waals surface area contributed by atoms with Crippen molar-refractivity contribution in [2.45, 2.75) is 75.3 Å². The summed E-state index contributed by atoms with van der Waals surface area (Å²) in [4.78, 5) is 31.8. The van der Waals surface area contributed by atoms with E-state index in [0.29, 0.717) is 50.9 Å². The maximum absolute atomic E-state index is 13.4. The van der Waals surface area contributed by atoms with Crippen molar-refractivity contribution >= 4 is 27.5 Å². The summed E-state index contributed by atoms with van der Waals surface area (Å²) in [7, 11) is -3.66. The molecule has 1 aromatic carbocycles. The summed E-state index contributed by atoms with van der Waals surface area (Å²) in [5, 5.41) is 0. The Kier molecular flexibility index (Phi) is 7.28. The number of piperidine rings is 1. The van der Waals surface area contributed by atoms with Crippen molar-refractivity contribution in [2.24, 2.45) is 0 Å². The van der Waals surface area contributed by atoms with Crippen molar-refractivity contribution in [3.63, 3.8) is 0 Å². The third-order valence-corrected chi connectivity index (χ3v) is 9.69. The molecule has 0 bridgehead atoms. The van der Waals surface area contributed by atoms with Crippen LogP contribution in [0.2, 0.25) is 0 Å². The first kappa shape index (κ1) is 27.3. The molecule has 2 fully saturated rings. The average molecular weight is 553 g/mol. The molecule has 0 aliphatic carbocycles. The van der Waals surface area contributed by atoms with Crippen LogP contribution in [0.3, 0.4) is 0 Å². The van der Waals surface area contributed by atoms with Crippen LogP contribution >= 0.6 is 0 Å². The summed E-state index contributed by atoms with van der Waals surface area (Å²) in [5.41, 5.74) is 1.40. The number of ether oxygens (including phenoxy) is 1. The molecule has 1 amide bonds. The Morgan fingerprint density at radius 3 is 2.41 bits per heavy atom. The first-order valence-electron chi connectivity index (χ1n) is 13.5. The van der Waals surface area contributed by atoms with Crippen LogP contribution in [0.1, 0.15) is 68.8 Å². The predicted molar refractivity (Wildman–Crippen MR) is 147 cm³/mol. The van der Waals surface area contributed by atoms with Crippen LogP contribution in [0.25, 0.3) is 5.65 Å². The fourth-order valence-electron chi connectivity index (χ4n) is 5.67. The second kappa shape index (κ2) is 10.4. The Morgan fingerprint density at radius 2 is 1.72 bits per heavy atom. The zero-order valence-electron chi connectivity index (χ0n) is 22.8. The maximum Gasteiger partial charge on any atom is 0.410 e. The first-order valence-corrected chi connectivity index (χ1v) is 15.0. The molecule has 2 saturated heterocycles. The highest BCUT2D eigenvalue weighted by atomic mass is 32.2. The number of aromatic nitrogens is 2. The van der Waals surface area contributed by atoms with Crippen LogP contribution in [-0.2, 0) is 21.2 Å². The van der Waals surface area contributed by atoms with Gasteiger partial charge in [-0.1, -0.05) is 12.1 Å². The van der Waals surface area contributed by atoms with Crippen LogP contribution < -0.4 is 0 Å². The molecule has 0 N–H and O–H groups in total. The van der Waals surface area contributed by atoms with E-state index in [0.717, 1.165) is 24.1 Å². The highest BCUT2D eigenvalue weighted by Crippen LogP contribution is 2.40. The van der Waals surface area contributed by atoms with Crippen LogP contribution in [0, 0.1) is 0 Å². The molecule has 2 aliphatic heterocycles. The molecule has 39 heavy (non-hydrogen) atoms. The zero-order chi connectivity index (χ0) is 27.8. The number of pyridine rings is 1. The highest BCUT2D eigenvalue weighted by Gasteiger charge is 2.48. The molecule has 10 heteroatoms. The van der Waals surface area contributed by atoms with Gasteiger partial charge in [-0.3, -0.25) is 4.79 Å². The van der Waals surface area contributed by atoms with E-state index >= 15 is 0 Å². The number of ketones is 1. The fraction of sp³-hybridized carbons (Fsp3) is 0.483. The number of rotatable bonds is 6. The van der Waals surface area contributed by atoms with Gasteiger partial charge < -0.3 is 14.0 Å². The minimum atomic E-state index is -3.66. The first-order chi connectivity index (χ1) is 18.5. The lowest BCUT2D eigenvalue weighted by Crippen LogP contribution is -2.55. The van der Waals surface area contributed by atoms with Crippen molar-refractivity contribution in [3.05, 3.63) is 66.1 Å². The number of sulfonamides is 1. The molecule has 0 unspecified atom stereocenters. The molecule has 2 aromatic heterocycles. The van der Waals surface area contributed by atoms with Crippen LogP contribution in [0.4, 0.5) is 4.79 Å². The van der Waals surface area contributed by atoms with E-state index in [9.17, 15) is 18.0 Å². The monoisotopic (exact) mass is 552 g/mol. The molecular weight excluding hydrogens is 516 g/mol. The van der Waals surface area contributed by atoms with Gasteiger partial charge in [0.2, 0.25) is 10.0 Å². The number of benzene rings is 1. The van der Waals surface area contributed by atoms with Gasteiger partial charge in [0.15, 0.2) is 5.78 Å². The van der Waals surface area contributed by atoms with E-state index < -0.39 is 15.6 Å². The molecule has 2 aliphatic rings. The van der Waals surface area contributed by atoms with Gasteiger partial charge >= 0.3 is 6.09 Å². The summed E-state index contributed by atoms with van der Waals surface area (Å²) < 4.78 is 35.8. The number of carbonyl (C=O) groups is 2. The Labute approximate surface area is 229 Å². The molecule has 0 atom stereocenters. The largest absolute Gasteiger partial charge is 0.444 e. The minimum Gasteiger partial charge on any atom is -0.444 e. The summed E-state index contributed by atoms with van der Waals surface area (Å²) in [6, 6.07) is 10.4. The van der Waals surface area contributed by atoms with Gasteiger partial charge in [-0.15, -0.1) is 0 Å². The third-order valence-electron chi connectivity index (χ3n) is 7.78. The van der Waals surface area contributed by atoms with Crippen LogP contribution in [-0.4, -0.2) is 69.7 Å². The Hall–Kier alpha value is -3.24. The molecule has 9 nitrogen and oxygen atoms in total. The van der Waals surface area contributed by atoms with E-state index in [-0.39, 0.29) is 22.3 Å². The summed E-state index contributed by atoms with van der Waals surface area (Å²) >= 11 is 0. The number of carbonyl (C=O) groups excluding carboxylic acids is 2. The van der Waals surface area contributed by atoms with E-state index in [1.54, 1.807) is 48.9 Å². The number of likely N-dealkylation sites (tertiary alicyclic amines) is 1. The molecule has 0 radical (unpaired) electrons. The lowest BCUT2D eigenvalue weighted by molar-refractivity contribution is -0.00162. The quantitative estimate of drug-likeness (QED) is 0.411. The van der Waals surface area contributed by atoms with Crippen molar-refractivity contribution in [2.75, 3.05) is 19.6 Å². The fourth-order valence-corrected chi connectivity index (χ4v) is 7.11. The predicted octanol–water partition coefficient (Wildman–Crippen LogP) is 4.70. The normalized spacial score (nSPS) is 18.1. The van der Waals surface area contributed by atoms with E-state index in [2.05, 4.69) is 4.98 Å². The standard InChI is InChI=1S/C29H36N4O5S/c1-28(2,3)38-27(35)33-17-4-13-29(33)14-18-32(19-15-29)39(36,37)24-9-5-22(6-10-24)7-11-25(34)23-8-12-26-30-16-20-31(26)21-23/h5-6,8-10,12,16,20-21H,4,7,11,13-15,17-19H2,1-3H3. The van der Waals surface area contributed by atoms with Gasteiger partial charge in [0, 0.05) is 55.7 Å². The number of aryl methyl sites for hydroxylation is 1. The Balaban J connectivity index is 1.19. The number of hydrogen-bond acceptors (Lipinski definition) is 6. The van der Waals surface area contributed by atoms with Crippen molar-refractivity contribution < 1.29 is 22.7 Å². The van der Waals surface area contributed by atoms with Gasteiger partial charge in [0.1, 0.15) is 11.2 Å². The molecule has 208 valence electrons. The molecular formula is C29H36N4O5S. The SMILES string of the molecule is CC(C)(C)OC(=O)N1CCCC12CCN(S(=O)(=O)c1ccc(CCC(=O)c3ccc4nccn4c3)cc1)CC2. The highest BCUT2D eigenvalue weighted by molar-refractivity contribution is 7.89. The van der Waals surface area contributed by atoms with Crippen molar-refractivity contribution in [3.8, 4) is 0 Å². The molecule has 4 heterocycles. The van der Waals surface area contributed by atoms with E-state index in [1.807, 2.05) is 36.1 Å². The van der Waals surface area contributed by atoms with Gasteiger partial charge in [-0.2, -0.15) is 4.31 Å². The number of Topliss-reactive ketones (excluding diaryl/α,β-unsaturated/α-hetero) is 1. The average Bonchev–Trinajstić information content (AvgIpc) is 3.53. The topological polar surface area (TPSA) is 101 Å². The molecule has 5 rings (SSSR count). The van der Waals surface area contributed by atoms with Crippen LogP contribution in [0.15, 0.2) is 59.9 Å². The second-order valence-electron chi connectivity index (χ2n) is 11.5. The minimum absolute atomic E-state index is 0.0249. The smallest absolute Gasteiger partial charge is 0.410 e. The van der Waals surface area contributed by atoms with Crippen molar-refractivity contribution in [1.29, 1.82) is 0 Å². The third kappa shape index (κ3) is 5.72. The summed E-state index contributed by atoms with van der Waals surface area (Å²) in [5.74, 6) is 0.0249. The molecule has 0 saturated carbocycles. The van der Waals surface area contributed by atoms with Gasteiger partial charge in [0.05, 0.1) is 4.90 Å². The van der Waals surface area contributed by atoms with Gasteiger partial charge in [-0.05, 0) is 82.7 Å². The maximum atomic E-state index is 13.4. The zero-order valence-corrected chi connectivity index (χ0v) is 23.6. The lowest BCUT2D eigenvalue weighted by Gasteiger charge is -2.44. The summed E-state index contributed by atoms with van der Waals surface area (Å²) in [6.07, 6.45) is 8.76. The van der Waals surface area contributed by atoms with Crippen LogP contribution in [0.5, 0.6) is 0 Å². The van der Waals surface area contributed by atoms with Gasteiger partial charge in [0.25, 0.3) is 0 Å². The summed E-state index contributed by atoms with van der Waals surface area (Å²) in [6.45, 7) is 6.93. The number of amides is 1. The Morgan fingerprint density at radius 1 is 1.00 bits per heavy atom. The van der Waals surface area contributed by atoms with E-state index in [4.69, 9.17) is 4.74 Å². The number of fused-ring (bicyclic) bond motifs is 1. The second-order valence-corrected chi connectivity index (χ2v) is 13.5. The van der Waals surface area contributed by atoms with E-state index in [1.165, 1.54) is 4.31 Å².